The lowest BCUT2D eigenvalue weighted by atomic mass is 10.2. The SMILES string of the molecule is Cc1ccc(-c2[nH]ncc2CNCCCCCCO)o1. The Morgan fingerprint density at radius 2 is 2.10 bits per heavy atom. The van der Waals surface area contributed by atoms with Gasteiger partial charge < -0.3 is 14.8 Å². The summed E-state index contributed by atoms with van der Waals surface area (Å²) in [6.45, 7) is 4.00. The molecule has 5 nitrogen and oxygen atoms in total. The van der Waals surface area contributed by atoms with Gasteiger partial charge in [-0.2, -0.15) is 5.10 Å². The minimum absolute atomic E-state index is 0.300. The van der Waals surface area contributed by atoms with Gasteiger partial charge in [0.2, 0.25) is 0 Å². The minimum Gasteiger partial charge on any atom is -0.460 e. The molecular weight excluding hydrogens is 254 g/mol. The summed E-state index contributed by atoms with van der Waals surface area (Å²) in [7, 11) is 0. The highest BCUT2D eigenvalue weighted by molar-refractivity contribution is 5.56. The molecule has 3 N–H and O–H groups in total. The smallest absolute Gasteiger partial charge is 0.152 e. The molecule has 0 aromatic carbocycles. The van der Waals surface area contributed by atoms with E-state index in [9.17, 15) is 0 Å². The number of aromatic nitrogens is 2. The van der Waals surface area contributed by atoms with Crippen LogP contribution in [-0.4, -0.2) is 28.5 Å². The van der Waals surface area contributed by atoms with Crippen molar-refractivity contribution in [3.8, 4) is 11.5 Å². The first-order chi connectivity index (χ1) is 9.81. The van der Waals surface area contributed by atoms with E-state index in [-0.39, 0.29) is 0 Å². The van der Waals surface area contributed by atoms with Crippen LogP contribution >= 0.6 is 0 Å². The van der Waals surface area contributed by atoms with Gasteiger partial charge in [-0.3, -0.25) is 5.10 Å². The van der Waals surface area contributed by atoms with E-state index in [1.165, 1.54) is 0 Å². The Labute approximate surface area is 119 Å². The van der Waals surface area contributed by atoms with Crippen molar-refractivity contribution >= 4 is 0 Å². The molecule has 0 aliphatic rings. The van der Waals surface area contributed by atoms with Crippen molar-refractivity contribution in [1.29, 1.82) is 0 Å². The molecule has 0 aliphatic heterocycles. The summed E-state index contributed by atoms with van der Waals surface area (Å²) in [5.74, 6) is 1.73. The van der Waals surface area contributed by atoms with E-state index in [4.69, 9.17) is 9.52 Å². The minimum atomic E-state index is 0.300. The molecule has 5 heteroatoms. The number of hydrogen-bond donors (Lipinski definition) is 3. The van der Waals surface area contributed by atoms with E-state index >= 15 is 0 Å². The number of aromatic amines is 1. The number of unbranched alkanes of at least 4 members (excludes halogenated alkanes) is 3. The second-order valence-corrected chi connectivity index (χ2v) is 5.00. The lowest BCUT2D eigenvalue weighted by Gasteiger charge is -2.04. The van der Waals surface area contributed by atoms with Crippen molar-refractivity contribution in [2.24, 2.45) is 0 Å². The van der Waals surface area contributed by atoms with Gasteiger partial charge in [0.05, 0.1) is 6.20 Å². The maximum atomic E-state index is 8.70. The summed E-state index contributed by atoms with van der Waals surface area (Å²) < 4.78 is 5.62. The van der Waals surface area contributed by atoms with Crippen LogP contribution in [0.4, 0.5) is 0 Å². The van der Waals surface area contributed by atoms with Crippen molar-refractivity contribution in [3.05, 3.63) is 29.7 Å². The lowest BCUT2D eigenvalue weighted by Crippen LogP contribution is -2.14. The number of aryl methyl sites for hydroxylation is 1. The summed E-state index contributed by atoms with van der Waals surface area (Å²) in [4.78, 5) is 0. The van der Waals surface area contributed by atoms with E-state index in [0.717, 1.165) is 61.6 Å². The molecule has 0 unspecified atom stereocenters. The third-order valence-electron chi connectivity index (χ3n) is 3.28. The Morgan fingerprint density at radius 1 is 1.25 bits per heavy atom. The Balaban J connectivity index is 1.75. The summed E-state index contributed by atoms with van der Waals surface area (Å²) in [5, 5.41) is 19.2. The molecule has 0 fully saturated rings. The van der Waals surface area contributed by atoms with Gasteiger partial charge in [0.1, 0.15) is 11.5 Å². The Kier molecular flexibility index (Phi) is 5.83. The first-order valence-corrected chi connectivity index (χ1v) is 7.22. The zero-order valence-electron chi connectivity index (χ0n) is 12.0. The van der Waals surface area contributed by atoms with E-state index < -0.39 is 0 Å². The van der Waals surface area contributed by atoms with Crippen LogP contribution in [-0.2, 0) is 6.54 Å². The molecule has 2 aromatic heterocycles. The number of H-pyrrole nitrogens is 1. The molecule has 2 heterocycles. The van der Waals surface area contributed by atoms with Crippen LogP contribution < -0.4 is 5.32 Å². The molecule has 0 spiro atoms. The highest BCUT2D eigenvalue weighted by Gasteiger charge is 2.10. The van der Waals surface area contributed by atoms with Crippen LogP contribution in [0.3, 0.4) is 0 Å². The van der Waals surface area contributed by atoms with Gasteiger partial charge in [-0.05, 0) is 38.4 Å². The largest absolute Gasteiger partial charge is 0.460 e. The van der Waals surface area contributed by atoms with Crippen molar-refractivity contribution in [1.82, 2.24) is 15.5 Å². The van der Waals surface area contributed by atoms with Gasteiger partial charge in [-0.25, -0.2) is 0 Å². The molecule has 0 saturated heterocycles. The monoisotopic (exact) mass is 277 g/mol. The quantitative estimate of drug-likeness (QED) is 0.616. The van der Waals surface area contributed by atoms with Crippen molar-refractivity contribution in [3.63, 3.8) is 0 Å². The number of rotatable bonds is 9. The highest BCUT2D eigenvalue weighted by Crippen LogP contribution is 2.23. The van der Waals surface area contributed by atoms with Gasteiger partial charge in [0, 0.05) is 18.7 Å². The maximum absolute atomic E-state index is 8.70. The number of nitrogens with one attached hydrogen (secondary N) is 2. The number of furan rings is 1. The summed E-state index contributed by atoms with van der Waals surface area (Å²) in [6, 6.07) is 3.91. The number of hydrogen-bond acceptors (Lipinski definition) is 4. The lowest BCUT2D eigenvalue weighted by molar-refractivity contribution is 0.282. The molecule has 0 saturated carbocycles. The average molecular weight is 277 g/mol. The molecule has 0 aliphatic carbocycles. The summed E-state index contributed by atoms with van der Waals surface area (Å²) in [6.07, 6.45) is 6.13. The van der Waals surface area contributed by atoms with Gasteiger partial charge in [-0.15, -0.1) is 0 Å². The van der Waals surface area contributed by atoms with Crippen LogP contribution in [0.2, 0.25) is 0 Å². The third-order valence-corrected chi connectivity index (χ3v) is 3.28. The van der Waals surface area contributed by atoms with E-state index in [0.29, 0.717) is 6.61 Å². The van der Waals surface area contributed by atoms with Crippen molar-refractivity contribution < 1.29 is 9.52 Å². The highest BCUT2D eigenvalue weighted by atomic mass is 16.3. The van der Waals surface area contributed by atoms with Gasteiger partial charge in [0.25, 0.3) is 0 Å². The molecule has 0 atom stereocenters. The first-order valence-electron chi connectivity index (χ1n) is 7.22. The molecule has 20 heavy (non-hydrogen) atoms. The Bertz CT molecular complexity index is 505. The second-order valence-electron chi connectivity index (χ2n) is 5.00. The second kappa shape index (κ2) is 7.87. The Hall–Kier alpha value is -1.59. The normalized spacial score (nSPS) is 11.1. The van der Waals surface area contributed by atoms with Crippen molar-refractivity contribution in [2.75, 3.05) is 13.2 Å². The summed E-state index contributed by atoms with van der Waals surface area (Å²) in [5.41, 5.74) is 2.07. The van der Waals surface area contributed by atoms with Crippen LogP contribution in [0.5, 0.6) is 0 Å². The first kappa shape index (κ1) is 14.8. The van der Waals surface area contributed by atoms with Gasteiger partial charge in [-0.1, -0.05) is 12.8 Å². The molecule has 0 amide bonds. The molecular formula is C15H23N3O2. The fraction of sp³-hybridized carbons (Fsp3) is 0.533. The maximum Gasteiger partial charge on any atom is 0.152 e. The third kappa shape index (κ3) is 4.21. The van der Waals surface area contributed by atoms with E-state index in [1.807, 2.05) is 25.3 Å². The van der Waals surface area contributed by atoms with Crippen LogP contribution in [0.15, 0.2) is 22.7 Å². The molecule has 2 aromatic rings. The predicted molar refractivity (Wildman–Crippen MR) is 78.3 cm³/mol. The molecule has 0 radical (unpaired) electrons. The topological polar surface area (TPSA) is 74.1 Å². The average Bonchev–Trinajstić information content (AvgIpc) is 3.06. The van der Waals surface area contributed by atoms with Gasteiger partial charge in [0.15, 0.2) is 5.76 Å². The van der Waals surface area contributed by atoms with Gasteiger partial charge >= 0.3 is 0 Å². The predicted octanol–water partition coefficient (Wildman–Crippen LogP) is 2.62. The number of nitrogens with zero attached hydrogens (tertiary/aromatic N) is 1. The number of aliphatic hydroxyl groups excluding tert-OH is 1. The van der Waals surface area contributed by atoms with E-state index in [2.05, 4.69) is 15.5 Å². The van der Waals surface area contributed by atoms with Crippen LogP contribution in [0, 0.1) is 6.92 Å². The molecule has 2 rings (SSSR count). The fourth-order valence-electron chi connectivity index (χ4n) is 2.17. The zero-order chi connectivity index (χ0) is 14.2. The summed E-state index contributed by atoms with van der Waals surface area (Å²) >= 11 is 0. The standard InChI is InChI=1S/C15H23N3O2/c1-12-6-7-14(20-12)15-13(11-17-18-15)10-16-8-4-2-3-5-9-19/h6-7,11,16,19H,2-5,8-10H2,1H3,(H,17,18). The Morgan fingerprint density at radius 3 is 2.85 bits per heavy atom. The van der Waals surface area contributed by atoms with Crippen LogP contribution in [0.25, 0.3) is 11.5 Å². The molecule has 0 bridgehead atoms. The molecule has 110 valence electrons. The van der Waals surface area contributed by atoms with Crippen molar-refractivity contribution in [2.45, 2.75) is 39.2 Å². The van der Waals surface area contributed by atoms with E-state index in [1.54, 1.807) is 0 Å². The van der Waals surface area contributed by atoms with Crippen LogP contribution in [0.1, 0.15) is 37.0 Å². The number of aliphatic hydroxyl groups is 1. The fourth-order valence-corrected chi connectivity index (χ4v) is 2.17. The zero-order valence-corrected chi connectivity index (χ0v) is 12.0.